The molecule has 4 nitrogen and oxygen atoms in total. The Labute approximate surface area is 107 Å². The van der Waals surface area contributed by atoms with Gasteiger partial charge in [0.2, 0.25) is 0 Å². The third kappa shape index (κ3) is 3.12. The highest BCUT2D eigenvalue weighted by atomic mass is 32.1. The van der Waals surface area contributed by atoms with Crippen molar-refractivity contribution in [3.63, 3.8) is 0 Å². The molecule has 0 atom stereocenters. The monoisotopic (exact) mass is 268 g/mol. The minimum Gasteiger partial charge on any atom is -0.477 e. The fourth-order valence-electron chi connectivity index (χ4n) is 1.59. The van der Waals surface area contributed by atoms with Gasteiger partial charge >= 0.3 is 5.97 Å². The van der Waals surface area contributed by atoms with E-state index in [1.54, 1.807) is 16.8 Å². The Kier molecular flexibility index (Phi) is 3.88. The van der Waals surface area contributed by atoms with E-state index in [1.807, 2.05) is 23.9 Å². The molecule has 0 aliphatic carbocycles. The Morgan fingerprint density at radius 2 is 2.35 bits per heavy atom. The molecule has 0 saturated carbocycles. The average Bonchev–Trinajstić information content (AvgIpc) is 2.88. The molecule has 90 valence electrons. The van der Waals surface area contributed by atoms with E-state index in [0.29, 0.717) is 11.4 Å². The van der Waals surface area contributed by atoms with Gasteiger partial charge in [0.25, 0.3) is 0 Å². The molecule has 0 radical (unpaired) electrons. The summed E-state index contributed by atoms with van der Waals surface area (Å²) < 4.78 is 0. The smallest absolute Gasteiger partial charge is 0.346 e. The summed E-state index contributed by atoms with van der Waals surface area (Å²) in [6.07, 6.45) is 0. The van der Waals surface area contributed by atoms with Crippen LogP contribution < -0.4 is 0 Å². The molecule has 2 aromatic rings. The third-order valence-electron chi connectivity index (χ3n) is 2.30. The molecule has 0 unspecified atom stereocenters. The summed E-state index contributed by atoms with van der Waals surface area (Å²) in [7, 11) is 1.96. The highest BCUT2D eigenvalue weighted by Crippen LogP contribution is 2.19. The summed E-state index contributed by atoms with van der Waals surface area (Å²) in [5.41, 5.74) is 3.68. The largest absolute Gasteiger partial charge is 0.477 e. The van der Waals surface area contributed by atoms with Crippen molar-refractivity contribution in [2.75, 3.05) is 7.05 Å². The SMILES string of the molecule is CN(Cc1cscn1)Cc1ccsc1C(=O)O. The van der Waals surface area contributed by atoms with Crippen molar-refractivity contribution in [3.8, 4) is 0 Å². The second-order valence-corrected chi connectivity index (χ2v) is 5.37. The molecule has 0 spiro atoms. The van der Waals surface area contributed by atoms with Gasteiger partial charge < -0.3 is 5.11 Å². The Morgan fingerprint density at radius 3 is 3.00 bits per heavy atom. The van der Waals surface area contributed by atoms with Crippen LogP contribution in [0.5, 0.6) is 0 Å². The molecule has 1 N–H and O–H groups in total. The molecule has 0 bridgehead atoms. The summed E-state index contributed by atoms with van der Waals surface area (Å²) in [4.78, 5) is 17.7. The van der Waals surface area contributed by atoms with Crippen molar-refractivity contribution in [1.29, 1.82) is 0 Å². The lowest BCUT2D eigenvalue weighted by molar-refractivity contribution is 0.0700. The number of thiazole rings is 1. The number of nitrogens with zero attached hydrogens (tertiary/aromatic N) is 2. The molecule has 0 fully saturated rings. The standard InChI is InChI=1S/C11H12N2O2S2/c1-13(5-9-6-16-7-12-9)4-8-2-3-17-10(8)11(14)15/h2-3,6-7H,4-5H2,1H3,(H,14,15). The number of carboxylic acids is 1. The van der Waals surface area contributed by atoms with Gasteiger partial charge in [-0.15, -0.1) is 22.7 Å². The minimum absolute atomic E-state index is 0.426. The number of hydrogen-bond donors (Lipinski definition) is 1. The van der Waals surface area contributed by atoms with Crippen LogP contribution in [0, 0.1) is 0 Å². The maximum Gasteiger partial charge on any atom is 0.346 e. The third-order valence-corrected chi connectivity index (χ3v) is 3.88. The predicted octanol–water partition coefficient (Wildman–Crippen LogP) is 2.53. The number of carbonyl (C=O) groups is 1. The lowest BCUT2D eigenvalue weighted by Gasteiger charge is -2.14. The molecule has 2 heterocycles. The van der Waals surface area contributed by atoms with E-state index in [2.05, 4.69) is 9.88 Å². The second kappa shape index (κ2) is 5.39. The normalized spacial score (nSPS) is 10.9. The molecular formula is C11H12N2O2S2. The molecule has 6 heteroatoms. The Bertz CT molecular complexity index is 493. The van der Waals surface area contributed by atoms with Gasteiger partial charge in [0.05, 0.1) is 11.2 Å². The van der Waals surface area contributed by atoms with Gasteiger partial charge in [0.1, 0.15) is 4.88 Å². The highest BCUT2D eigenvalue weighted by molar-refractivity contribution is 7.12. The van der Waals surface area contributed by atoms with E-state index in [0.717, 1.165) is 17.8 Å². The topological polar surface area (TPSA) is 53.4 Å². The van der Waals surface area contributed by atoms with Crippen LogP contribution in [0.1, 0.15) is 20.9 Å². The molecule has 2 rings (SSSR count). The van der Waals surface area contributed by atoms with E-state index in [1.165, 1.54) is 11.3 Å². The van der Waals surface area contributed by atoms with Crippen molar-refractivity contribution in [2.24, 2.45) is 0 Å². The predicted molar refractivity (Wildman–Crippen MR) is 68.6 cm³/mol. The number of hydrogen-bond acceptors (Lipinski definition) is 5. The van der Waals surface area contributed by atoms with Crippen LogP contribution in [-0.2, 0) is 13.1 Å². The number of aromatic nitrogens is 1. The fourth-order valence-corrected chi connectivity index (χ4v) is 2.89. The van der Waals surface area contributed by atoms with Gasteiger partial charge in [-0.3, -0.25) is 4.90 Å². The molecule has 0 amide bonds. The molecule has 0 saturated heterocycles. The maximum absolute atomic E-state index is 11.0. The minimum atomic E-state index is -0.850. The fraction of sp³-hybridized carbons (Fsp3) is 0.273. The molecule has 0 aliphatic heterocycles. The first-order valence-corrected chi connectivity index (χ1v) is 6.84. The van der Waals surface area contributed by atoms with Crippen molar-refractivity contribution in [1.82, 2.24) is 9.88 Å². The maximum atomic E-state index is 11.0. The summed E-state index contributed by atoms with van der Waals surface area (Å²) >= 11 is 2.84. The quantitative estimate of drug-likeness (QED) is 0.905. The van der Waals surface area contributed by atoms with E-state index in [4.69, 9.17) is 5.11 Å². The van der Waals surface area contributed by atoms with E-state index in [9.17, 15) is 4.79 Å². The molecule has 17 heavy (non-hydrogen) atoms. The van der Waals surface area contributed by atoms with Gasteiger partial charge in [-0.25, -0.2) is 9.78 Å². The van der Waals surface area contributed by atoms with Crippen LogP contribution >= 0.6 is 22.7 Å². The number of thiophene rings is 1. The van der Waals surface area contributed by atoms with Crippen molar-refractivity contribution < 1.29 is 9.90 Å². The summed E-state index contributed by atoms with van der Waals surface area (Å²) in [5.74, 6) is -0.850. The van der Waals surface area contributed by atoms with Gasteiger partial charge in [-0.1, -0.05) is 0 Å². The van der Waals surface area contributed by atoms with Crippen molar-refractivity contribution in [3.05, 3.63) is 38.5 Å². The van der Waals surface area contributed by atoms with Gasteiger partial charge in [-0.05, 0) is 24.1 Å². The van der Waals surface area contributed by atoms with E-state index >= 15 is 0 Å². The van der Waals surface area contributed by atoms with Crippen molar-refractivity contribution in [2.45, 2.75) is 13.1 Å². The van der Waals surface area contributed by atoms with Crippen LogP contribution in [0.25, 0.3) is 0 Å². The summed E-state index contributed by atoms with van der Waals surface area (Å²) in [6, 6.07) is 1.87. The summed E-state index contributed by atoms with van der Waals surface area (Å²) in [5, 5.41) is 12.8. The van der Waals surface area contributed by atoms with Gasteiger partial charge in [-0.2, -0.15) is 0 Å². The zero-order valence-electron chi connectivity index (χ0n) is 9.29. The van der Waals surface area contributed by atoms with Gasteiger partial charge in [0.15, 0.2) is 0 Å². The first-order chi connectivity index (χ1) is 8.16. The van der Waals surface area contributed by atoms with Crippen LogP contribution in [0.4, 0.5) is 0 Å². The average molecular weight is 268 g/mol. The van der Waals surface area contributed by atoms with Crippen LogP contribution in [0.15, 0.2) is 22.3 Å². The molecular weight excluding hydrogens is 256 g/mol. The Morgan fingerprint density at radius 1 is 1.53 bits per heavy atom. The number of aromatic carboxylic acids is 1. The van der Waals surface area contributed by atoms with E-state index in [-0.39, 0.29) is 0 Å². The van der Waals surface area contributed by atoms with E-state index < -0.39 is 5.97 Å². The molecule has 0 aromatic carbocycles. The van der Waals surface area contributed by atoms with Crippen LogP contribution in [0.3, 0.4) is 0 Å². The zero-order chi connectivity index (χ0) is 12.3. The lowest BCUT2D eigenvalue weighted by Crippen LogP contribution is -2.18. The number of carboxylic acid groups (broad SMARTS) is 1. The summed E-state index contributed by atoms with van der Waals surface area (Å²) in [6.45, 7) is 1.36. The zero-order valence-corrected chi connectivity index (χ0v) is 10.9. The van der Waals surface area contributed by atoms with Crippen LogP contribution in [0.2, 0.25) is 0 Å². The van der Waals surface area contributed by atoms with Crippen molar-refractivity contribution >= 4 is 28.6 Å². The molecule has 2 aromatic heterocycles. The second-order valence-electron chi connectivity index (χ2n) is 3.73. The molecule has 0 aliphatic rings. The Balaban J connectivity index is 2.00. The first-order valence-electron chi connectivity index (χ1n) is 5.02. The number of rotatable bonds is 5. The van der Waals surface area contributed by atoms with Gasteiger partial charge in [0, 0.05) is 18.5 Å². The lowest BCUT2D eigenvalue weighted by atomic mass is 10.2. The highest BCUT2D eigenvalue weighted by Gasteiger charge is 2.13. The van der Waals surface area contributed by atoms with Crippen LogP contribution in [-0.4, -0.2) is 28.0 Å². The Hall–Kier alpha value is -1.24. The first kappa shape index (κ1) is 12.2.